The topological polar surface area (TPSA) is 51.2 Å². The molecular formula is C13H10F2N2O2. The molecule has 0 radical (unpaired) electrons. The van der Waals surface area contributed by atoms with Crippen molar-refractivity contribution < 1.29 is 18.3 Å². The summed E-state index contributed by atoms with van der Waals surface area (Å²) in [5.74, 6) is -0.362. The lowest BCUT2D eigenvalue weighted by molar-refractivity contribution is -0.0497. The van der Waals surface area contributed by atoms with Gasteiger partial charge in [-0.3, -0.25) is 9.78 Å². The molecule has 2 rings (SSSR count). The number of pyridine rings is 1. The predicted molar refractivity (Wildman–Crippen MR) is 65.3 cm³/mol. The average molecular weight is 264 g/mol. The van der Waals surface area contributed by atoms with Crippen LogP contribution in [0.4, 0.5) is 14.5 Å². The second-order valence-electron chi connectivity index (χ2n) is 3.60. The van der Waals surface area contributed by atoms with Crippen LogP contribution in [0.25, 0.3) is 0 Å². The van der Waals surface area contributed by atoms with E-state index in [4.69, 9.17) is 0 Å². The normalized spacial score (nSPS) is 10.3. The molecule has 0 saturated heterocycles. The molecule has 1 N–H and O–H groups in total. The summed E-state index contributed by atoms with van der Waals surface area (Å²) >= 11 is 0. The van der Waals surface area contributed by atoms with Crippen molar-refractivity contribution in [2.24, 2.45) is 0 Å². The number of carbonyl (C=O) groups is 1. The Bertz CT molecular complexity index is 562. The van der Waals surface area contributed by atoms with Crippen LogP contribution < -0.4 is 10.1 Å². The number of amides is 1. The van der Waals surface area contributed by atoms with Gasteiger partial charge in [0.05, 0.1) is 0 Å². The Labute approximate surface area is 108 Å². The first kappa shape index (κ1) is 12.9. The lowest BCUT2D eigenvalue weighted by Gasteiger charge is -2.08. The van der Waals surface area contributed by atoms with Gasteiger partial charge >= 0.3 is 6.61 Å². The number of hydrogen-bond acceptors (Lipinski definition) is 3. The second kappa shape index (κ2) is 5.90. The Kier molecular flexibility index (Phi) is 4.02. The number of rotatable bonds is 4. The molecule has 1 amide bonds. The van der Waals surface area contributed by atoms with Crippen LogP contribution in [0.1, 0.15) is 10.4 Å². The van der Waals surface area contributed by atoms with Crippen LogP contribution in [0.3, 0.4) is 0 Å². The Hall–Kier alpha value is -2.50. The van der Waals surface area contributed by atoms with Gasteiger partial charge in [-0.25, -0.2) is 0 Å². The molecule has 0 spiro atoms. The minimum Gasteiger partial charge on any atom is -0.435 e. The van der Waals surface area contributed by atoms with Crippen molar-refractivity contribution in [1.82, 2.24) is 4.98 Å². The van der Waals surface area contributed by atoms with E-state index >= 15 is 0 Å². The number of anilines is 1. The maximum absolute atomic E-state index is 12.1. The van der Waals surface area contributed by atoms with E-state index in [9.17, 15) is 13.6 Å². The van der Waals surface area contributed by atoms with Crippen LogP contribution in [-0.2, 0) is 0 Å². The molecule has 98 valence electrons. The largest absolute Gasteiger partial charge is 0.435 e. The first-order valence-corrected chi connectivity index (χ1v) is 5.41. The van der Waals surface area contributed by atoms with Gasteiger partial charge in [0.2, 0.25) is 0 Å². The zero-order valence-electron chi connectivity index (χ0n) is 9.72. The first-order chi connectivity index (χ1) is 9.15. The number of carbonyl (C=O) groups excluding carboxylic acids is 1. The zero-order valence-corrected chi connectivity index (χ0v) is 9.72. The number of hydrogen-bond donors (Lipinski definition) is 1. The van der Waals surface area contributed by atoms with Crippen LogP contribution in [0, 0.1) is 0 Å². The van der Waals surface area contributed by atoms with Gasteiger partial charge in [-0.05, 0) is 24.3 Å². The van der Waals surface area contributed by atoms with Crippen LogP contribution in [0.15, 0.2) is 48.8 Å². The number of aromatic nitrogens is 1. The summed E-state index contributed by atoms with van der Waals surface area (Å²) in [5.41, 5.74) is 0.801. The summed E-state index contributed by atoms with van der Waals surface area (Å²) in [4.78, 5) is 15.6. The van der Waals surface area contributed by atoms with E-state index in [0.29, 0.717) is 11.3 Å². The molecule has 0 aliphatic heterocycles. The van der Waals surface area contributed by atoms with Gasteiger partial charge in [0.25, 0.3) is 5.91 Å². The van der Waals surface area contributed by atoms with Crippen molar-refractivity contribution in [3.8, 4) is 5.75 Å². The number of alkyl halides is 2. The fourth-order valence-corrected chi connectivity index (χ4v) is 1.46. The maximum Gasteiger partial charge on any atom is 0.387 e. The summed E-state index contributed by atoms with van der Waals surface area (Å²) in [6.07, 6.45) is 2.98. The molecule has 1 aromatic carbocycles. The molecular weight excluding hydrogens is 254 g/mol. The summed E-state index contributed by atoms with van der Waals surface area (Å²) in [6.45, 7) is -2.90. The highest BCUT2D eigenvalue weighted by molar-refractivity contribution is 6.04. The monoisotopic (exact) mass is 264 g/mol. The number of nitrogens with one attached hydrogen (secondary N) is 1. The summed E-state index contributed by atoms with van der Waals surface area (Å²) in [7, 11) is 0. The Morgan fingerprint density at radius 1 is 1.21 bits per heavy atom. The van der Waals surface area contributed by atoms with Crippen molar-refractivity contribution in [1.29, 1.82) is 0 Å². The zero-order chi connectivity index (χ0) is 13.7. The SMILES string of the molecule is O=C(Nc1cccc(OC(F)F)c1)c1ccncc1. The van der Waals surface area contributed by atoms with Crippen molar-refractivity contribution in [3.63, 3.8) is 0 Å². The van der Waals surface area contributed by atoms with E-state index in [1.54, 1.807) is 18.2 Å². The first-order valence-electron chi connectivity index (χ1n) is 5.41. The third-order valence-corrected chi connectivity index (χ3v) is 2.26. The quantitative estimate of drug-likeness (QED) is 0.923. The minimum atomic E-state index is -2.90. The van der Waals surface area contributed by atoms with E-state index in [1.165, 1.54) is 30.6 Å². The van der Waals surface area contributed by atoms with E-state index in [1.807, 2.05) is 0 Å². The van der Waals surface area contributed by atoms with Crippen molar-refractivity contribution in [3.05, 3.63) is 54.4 Å². The minimum absolute atomic E-state index is 0.0115. The Balaban J connectivity index is 2.09. The highest BCUT2D eigenvalue weighted by Crippen LogP contribution is 2.19. The van der Waals surface area contributed by atoms with E-state index in [0.717, 1.165) is 0 Å². The predicted octanol–water partition coefficient (Wildman–Crippen LogP) is 2.94. The molecule has 19 heavy (non-hydrogen) atoms. The highest BCUT2D eigenvalue weighted by atomic mass is 19.3. The number of benzene rings is 1. The second-order valence-corrected chi connectivity index (χ2v) is 3.60. The van der Waals surface area contributed by atoms with E-state index in [-0.39, 0.29) is 11.7 Å². The fraction of sp³-hybridized carbons (Fsp3) is 0.0769. The van der Waals surface area contributed by atoms with Crippen LogP contribution in [0.2, 0.25) is 0 Å². The molecule has 0 fully saturated rings. The van der Waals surface area contributed by atoms with E-state index in [2.05, 4.69) is 15.0 Å². The van der Waals surface area contributed by atoms with Crippen LogP contribution in [0.5, 0.6) is 5.75 Å². The molecule has 0 aliphatic carbocycles. The van der Waals surface area contributed by atoms with Gasteiger partial charge in [-0.1, -0.05) is 6.07 Å². The van der Waals surface area contributed by atoms with Gasteiger partial charge < -0.3 is 10.1 Å². The average Bonchev–Trinajstić information content (AvgIpc) is 2.39. The summed E-state index contributed by atoms with van der Waals surface area (Å²) < 4.78 is 28.4. The molecule has 0 saturated carbocycles. The van der Waals surface area contributed by atoms with Gasteiger partial charge in [0, 0.05) is 29.7 Å². The van der Waals surface area contributed by atoms with Gasteiger partial charge in [-0.2, -0.15) is 8.78 Å². The van der Waals surface area contributed by atoms with Crippen molar-refractivity contribution in [2.45, 2.75) is 6.61 Å². The number of ether oxygens (including phenoxy) is 1. The third kappa shape index (κ3) is 3.74. The maximum atomic E-state index is 12.1. The van der Waals surface area contributed by atoms with Crippen LogP contribution >= 0.6 is 0 Å². The van der Waals surface area contributed by atoms with Crippen LogP contribution in [-0.4, -0.2) is 17.5 Å². The Morgan fingerprint density at radius 3 is 2.63 bits per heavy atom. The third-order valence-electron chi connectivity index (χ3n) is 2.26. The lowest BCUT2D eigenvalue weighted by atomic mass is 10.2. The molecule has 1 heterocycles. The molecule has 2 aromatic rings. The number of nitrogens with zero attached hydrogens (tertiary/aromatic N) is 1. The lowest BCUT2D eigenvalue weighted by Crippen LogP contribution is -2.12. The molecule has 4 nitrogen and oxygen atoms in total. The standard InChI is InChI=1S/C13H10F2N2O2/c14-13(15)19-11-3-1-2-10(8-11)17-12(18)9-4-6-16-7-5-9/h1-8,13H,(H,17,18). The molecule has 0 aliphatic rings. The van der Waals surface area contributed by atoms with Crippen molar-refractivity contribution in [2.75, 3.05) is 5.32 Å². The van der Waals surface area contributed by atoms with Gasteiger partial charge in [-0.15, -0.1) is 0 Å². The fourth-order valence-electron chi connectivity index (χ4n) is 1.46. The number of halogens is 2. The molecule has 0 unspecified atom stereocenters. The summed E-state index contributed by atoms with van der Waals surface area (Å²) in [5, 5.41) is 2.58. The highest BCUT2D eigenvalue weighted by Gasteiger charge is 2.08. The van der Waals surface area contributed by atoms with Crippen molar-refractivity contribution >= 4 is 11.6 Å². The van der Waals surface area contributed by atoms with E-state index < -0.39 is 6.61 Å². The van der Waals surface area contributed by atoms with Gasteiger partial charge in [0.1, 0.15) is 5.75 Å². The smallest absolute Gasteiger partial charge is 0.387 e. The molecule has 6 heteroatoms. The molecule has 0 bridgehead atoms. The molecule has 0 atom stereocenters. The molecule has 1 aromatic heterocycles. The summed E-state index contributed by atoms with van der Waals surface area (Å²) in [6, 6.07) is 8.90. The van der Waals surface area contributed by atoms with Gasteiger partial charge in [0.15, 0.2) is 0 Å². The Morgan fingerprint density at radius 2 is 1.95 bits per heavy atom.